The fraction of sp³-hybridized carbons (Fsp3) is 0.250. The molecule has 0 aliphatic carbocycles. The van der Waals surface area contributed by atoms with Crippen LogP contribution < -0.4 is 21.1 Å². The number of nitrogens with one attached hydrogen (secondary N) is 2. The highest BCUT2D eigenvalue weighted by Gasteiger charge is 2.18. The van der Waals surface area contributed by atoms with Crippen LogP contribution >= 0.6 is 11.6 Å². The van der Waals surface area contributed by atoms with E-state index in [9.17, 15) is 14.4 Å². The minimum absolute atomic E-state index is 0.0344. The van der Waals surface area contributed by atoms with Crippen LogP contribution in [-0.2, 0) is 14.3 Å². The van der Waals surface area contributed by atoms with Gasteiger partial charge < -0.3 is 25.8 Å². The first-order valence-electron chi connectivity index (χ1n) is 8.65. The first kappa shape index (κ1) is 22.0. The molecule has 0 unspecified atom stereocenters. The Morgan fingerprint density at radius 2 is 1.86 bits per heavy atom. The molecule has 0 radical (unpaired) electrons. The molecule has 154 valence electrons. The largest absolute Gasteiger partial charge is 0.496 e. The number of halogens is 1. The van der Waals surface area contributed by atoms with Crippen molar-refractivity contribution in [3.05, 3.63) is 52.0 Å². The molecule has 9 heteroatoms. The molecule has 2 amide bonds. The molecule has 0 fully saturated rings. The Kier molecular flexibility index (Phi) is 7.44. The number of hydrogen-bond acceptors (Lipinski definition) is 6. The van der Waals surface area contributed by atoms with Crippen LogP contribution in [0.15, 0.2) is 30.3 Å². The summed E-state index contributed by atoms with van der Waals surface area (Å²) in [6.07, 6.45) is 0. The number of esters is 1. The van der Waals surface area contributed by atoms with Crippen molar-refractivity contribution in [2.24, 2.45) is 0 Å². The molecule has 0 saturated heterocycles. The number of carbonyl (C=O) groups excluding carboxylic acids is 3. The average Bonchev–Trinajstić information content (AvgIpc) is 2.69. The van der Waals surface area contributed by atoms with E-state index < -0.39 is 24.4 Å². The van der Waals surface area contributed by atoms with Crippen molar-refractivity contribution in [1.29, 1.82) is 0 Å². The summed E-state index contributed by atoms with van der Waals surface area (Å²) in [4.78, 5) is 36.1. The van der Waals surface area contributed by atoms with Crippen molar-refractivity contribution in [3.8, 4) is 5.75 Å². The van der Waals surface area contributed by atoms with Gasteiger partial charge in [-0.2, -0.15) is 0 Å². The van der Waals surface area contributed by atoms with Gasteiger partial charge in [0.1, 0.15) is 11.3 Å². The van der Waals surface area contributed by atoms with Crippen molar-refractivity contribution >= 4 is 40.8 Å². The van der Waals surface area contributed by atoms with Crippen LogP contribution in [0.25, 0.3) is 0 Å². The molecule has 0 aliphatic heterocycles. The van der Waals surface area contributed by atoms with Gasteiger partial charge in [0.25, 0.3) is 5.91 Å². The second kappa shape index (κ2) is 9.79. The van der Waals surface area contributed by atoms with Crippen LogP contribution in [0, 0.1) is 13.8 Å². The van der Waals surface area contributed by atoms with Gasteiger partial charge in [-0.3, -0.25) is 9.59 Å². The first-order chi connectivity index (χ1) is 13.7. The first-order valence-corrected chi connectivity index (χ1v) is 9.03. The van der Waals surface area contributed by atoms with E-state index in [1.54, 1.807) is 6.07 Å². The predicted molar refractivity (Wildman–Crippen MR) is 110 cm³/mol. The molecule has 0 aromatic heterocycles. The SMILES string of the molecule is COc1cc(N)c(Cl)cc1C(=O)OCC(=O)NCC(=O)Nc1cccc(C)c1C. The molecule has 0 atom stereocenters. The summed E-state index contributed by atoms with van der Waals surface area (Å²) in [5, 5.41) is 5.26. The van der Waals surface area contributed by atoms with Crippen molar-refractivity contribution in [1.82, 2.24) is 5.32 Å². The van der Waals surface area contributed by atoms with Crippen LogP contribution in [0.1, 0.15) is 21.5 Å². The van der Waals surface area contributed by atoms with Crippen LogP contribution in [0.3, 0.4) is 0 Å². The zero-order valence-electron chi connectivity index (χ0n) is 16.3. The molecule has 0 spiro atoms. The molecule has 2 rings (SSSR count). The maximum atomic E-state index is 12.2. The maximum Gasteiger partial charge on any atom is 0.342 e. The topological polar surface area (TPSA) is 120 Å². The Hall–Kier alpha value is -3.26. The van der Waals surface area contributed by atoms with E-state index in [1.807, 2.05) is 26.0 Å². The van der Waals surface area contributed by atoms with E-state index in [0.717, 1.165) is 11.1 Å². The van der Waals surface area contributed by atoms with Gasteiger partial charge in [-0.1, -0.05) is 23.7 Å². The standard InChI is InChI=1S/C20H22ClN3O5/c1-11-5-4-6-16(12(11)2)24-18(25)9-23-19(26)10-29-20(27)13-7-14(21)15(22)8-17(13)28-3/h4-8H,9-10,22H2,1-3H3,(H,23,26)(H,24,25). The number of hydrogen-bond donors (Lipinski definition) is 3. The number of carbonyl (C=O) groups is 3. The number of methoxy groups -OCH3 is 1. The van der Waals surface area contributed by atoms with Crippen LogP contribution in [0.5, 0.6) is 5.75 Å². The van der Waals surface area contributed by atoms with E-state index in [1.165, 1.54) is 19.2 Å². The number of benzene rings is 2. The van der Waals surface area contributed by atoms with E-state index in [2.05, 4.69) is 10.6 Å². The summed E-state index contributed by atoms with van der Waals surface area (Å²) in [7, 11) is 1.36. The van der Waals surface area contributed by atoms with Gasteiger partial charge in [-0.05, 0) is 37.1 Å². The average molecular weight is 420 g/mol. The van der Waals surface area contributed by atoms with Crippen molar-refractivity contribution < 1.29 is 23.9 Å². The van der Waals surface area contributed by atoms with Crippen molar-refractivity contribution in [2.45, 2.75) is 13.8 Å². The number of aryl methyl sites for hydroxylation is 1. The summed E-state index contributed by atoms with van der Waals surface area (Å²) >= 11 is 5.91. The van der Waals surface area contributed by atoms with Gasteiger partial charge in [0, 0.05) is 11.8 Å². The number of ether oxygens (including phenoxy) is 2. The minimum atomic E-state index is -0.807. The molecule has 8 nitrogen and oxygen atoms in total. The molecular weight excluding hydrogens is 398 g/mol. The summed E-state index contributed by atoms with van der Waals surface area (Å²) in [5.74, 6) is -1.66. The second-order valence-corrected chi connectivity index (χ2v) is 6.63. The maximum absolute atomic E-state index is 12.2. The Morgan fingerprint density at radius 1 is 1.14 bits per heavy atom. The fourth-order valence-electron chi connectivity index (χ4n) is 2.42. The van der Waals surface area contributed by atoms with Gasteiger partial charge in [0.05, 0.1) is 24.4 Å². The molecule has 4 N–H and O–H groups in total. The lowest BCUT2D eigenvalue weighted by Gasteiger charge is -2.12. The fourth-order valence-corrected chi connectivity index (χ4v) is 2.58. The summed E-state index contributed by atoms with van der Waals surface area (Å²) in [6.45, 7) is 2.99. The monoisotopic (exact) mass is 419 g/mol. The number of nitrogen functional groups attached to an aromatic ring is 1. The molecule has 0 aliphatic rings. The molecule has 0 heterocycles. The lowest BCUT2D eigenvalue weighted by atomic mass is 10.1. The van der Waals surface area contributed by atoms with Gasteiger partial charge >= 0.3 is 5.97 Å². The van der Waals surface area contributed by atoms with Crippen molar-refractivity contribution in [2.75, 3.05) is 31.3 Å². The van der Waals surface area contributed by atoms with Gasteiger partial charge in [-0.25, -0.2) is 4.79 Å². The zero-order valence-corrected chi connectivity index (χ0v) is 17.1. The third kappa shape index (κ3) is 5.86. The van der Waals surface area contributed by atoms with Gasteiger partial charge in [0.2, 0.25) is 5.91 Å². The number of amides is 2. The highest BCUT2D eigenvalue weighted by molar-refractivity contribution is 6.33. The number of nitrogens with two attached hydrogens (primary N) is 1. The Bertz CT molecular complexity index is 946. The second-order valence-electron chi connectivity index (χ2n) is 6.22. The van der Waals surface area contributed by atoms with Crippen LogP contribution in [-0.4, -0.2) is 38.0 Å². The molecule has 2 aromatic rings. The highest BCUT2D eigenvalue weighted by atomic mass is 35.5. The molecule has 0 bridgehead atoms. The third-order valence-electron chi connectivity index (χ3n) is 4.20. The lowest BCUT2D eigenvalue weighted by molar-refractivity contribution is -0.126. The van der Waals surface area contributed by atoms with E-state index in [0.29, 0.717) is 5.69 Å². The molecule has 0 saturated carbocycles. The summed E-state index contributed by atoms with van der Waals surface area (Å²) in [5.41, 5.74) is 8.59. The Labute approximate surface area is 173 Å². The Balaban J connectivity index is 1.85. The number of rotatable bonds is 7. The lowest BCUT2D eigenvalue weighted by Crippen LogP contribution is -2.35. The quantitative estimate of drug-likeness (QED) is 0.468. The van der Waals surface area contributed by atoms with Gasteiger partial charge in [-0.15, -0.1) is 0 Å². The summed E-state index contributed by atoms with van der Waals surface area (Å²) < 4.78 is 10.0. The van der Waals surface area contributed by atoms with Gasteiger partial charge in [0.15, 0.2) is 6.61 Å². The third-order valence-corrected chi connectivity index (χ3v) is 4.53. The zero-order chi connectivity index (χ0) is 21.6. The minimum Gasteiger partial charge on any atom is -0.496 e. The Morgan fingerprint density at radius 3 is 2.55 bits per heavy atom. The normalized spacial score (nSPS) is 10.2. The van der Waals surface area contributed by atoms with Crippen molar-refractivity contribution in [3.63, 3.8) is 0 Å². The number of anilines is 2. The smallest absolute Gasteiger partial charge is 0.342 e. The molecular formula is C20H22ClN3O5. The van der Waals surface area contributed by atoms with E-state index in [-0.39, 0.29) is 28.6 Å². The summed E-state index contributed by atoms with van der Waals surface area (Å²) in [6, 6.07) is 8.22. The van der Waals surface area contributed by atoms with E-state index in [4.69, 9.17) is 26.8 Å². The molecule has 2 aromatic carbocycles. The highest BCUT2D eigenvalue weighted by Crippen LogP contribution is 2.29. The van der Waals surface area contributed by atoms with Crippen LogP contribution in [0.4, 0.5) is 11.4 Å². The van der Waals surface area contributed by atoms with Crippen LogP contribution in [0.2, 0.25) is 5.02 Å². The molecule has 29 heavy (non-hydrogen) atoms. The van der Waals surface area contributed by atoms with E-state index >= 15 is 0 Å². The predicted octanol–water partition coefficient (Wildman–Crippen LogP) is 2.46.